The Morgan fingerprint density at radius 2 is 1.85 bits per heavy atom. The molecule has 0 aliphatic carbocycles. The van der Waals surface area contributed by atoms with Gasteiger partial charge in [0.05, 0.1) is 12.4 Å². The van der Waals surface area contributed by atoms with E-state index in [0.29, 0.717) is 25.5 Å². The third-order valence-electron chi connectivity index (χ3n) is 4.17. The fourth-order valence-electron chi connectivity index (χ4n) is 2.41. The molecule has 0 bridgehead atoms. The summed E-state index contributed by atoms with van der Waals surface area (Å²) in [6.45, 7) is 7.90. The second kappa shape index (κ2) is 12.6. The van der Waals surface area contributed by atoms with E-state index in [1.54, 1.807) is 0 Å². The first kappa shape index (κ1) is 26.1. The first-order chi connectivity index (χ1) is 12.2. The average Bonchev–Trinajstić information content (AvgIpc) is 2.59. The lowest BCUT2D eigenvalue weighted by Crippen LogP contribution is -2.40. The van der Waals surface area contributed by atoms with E-state index in [2.05, 4.69) is 15.6 Å². The van der Waals surface area contributed by atoms with Crippen LogP contribution in [0.25, 0.3) is 0 Å². The summed E-state index contributed by atoms with van der Waals surface area (Å²) in [5.74, 6) is 0.827. The van der Waals surface area contributed by atoms with Crippen LogP contribution in [0.4, 0.5) is 0 Å². The number of aliphatic hydroxyl groups excluding tert-OH is 1. The third-order valence-corrected chi connectivity index (χ3v) is 5.11. The summed E-state index contributed by atoms with van der Waals surface area (Å²) < 4.78 is 22.8. The summed E-state index contributed by atoms with van der Waals surface area (Å²) in [5, 5.41) is 16.1. The number of hydrogen-bond donors (Lipinski definition) is 3. The van der Waals surface area contributed by atoms with Gasteiger partial charge in [-0.25, -0.2) is 8.42 Å². The zero-order chi connectivity index (χ0) is 19.6. The van der Waals surface area contributed by atoms with Gasteiger partial charge in [-0.2, -0.15) is 0 Å². The van der Waals surface area contributed by atoms with Crippen molar-refractivity contribution in [2.45, 2.75) is 33.1 Å². The van der Waals surface area contributed by atoms with E-state index in [0.717, 1.165) is 12.1 Å². The minimum Gasteiger partial charge on any atom is -0.396 e. The molecule has 0 aromatic heterocycles. The van der Waals surface area contributed by atoms with Gasteiger partial charge >= 0.3 is 0 Å². The Hall–Kier alpha value is -0.870. The topological polar surface area (TPSA) is 90.8 Å². The summed E-state index contributed by atoms with van der Waals surface area (Å²) in [6.07, 6.45) is 1.83. The SMILES string of the molecule is CCNC(=NCC(C)(C)CCS(C)(=O)=O)NCC(CO)c1ccccc1.I. The number of hydrogen-bond acceptors (Lipinski definition) is 4. The van der Waals surface area contributed by atoms with Crippen molar-refractivity contribution in [2.24, 2.45) is 10.4 Å². The van der Waals surface area contributed by atoms with Gasteiger partial charge in [0.2, 0.25) is 0 Å². The van der Waals surface area contributed by atoms with Crippen molar-refractivity contribution in [1.29, 1.82) is 0 Å². The maximum absolute atomic E-state index is 11.4. The number of benzene rings is 1. The number of sulfone groups is 1. The smallest absolute Gasteiger partial charge is 0.191 e. The number of guanidine groups is 1. The van der Waals surface area contributed by atoms with Gasteiger partial charge < -0.3 is 15.7 Å². The van der Waals surface area contributed by atoms with Crippen molar-refractivity contribution >= 4 is 39.8 Å². The molecule has 0 radical (unpaired) electrons. The van der Waals surface area contributed by atoms with Crippen LogP contribution in [-0.2, 0) is 9.84 Å². The molecule has 1 rings (SSSR count). The predicted octanol–water partition coefficient (Wildman–Crippen LogP) is 2.40. The Balaban J connectivity index is 0.00000676. The molecule has 156 valence electrons. The van der Waals surface area contributed by atoms with Crippen LogP contribution in [-0.4, -0.2) is 57.7 Å². The molecule has 0 saturated carbocycles. The number of halogens is 1. The normalized spacial score (nSPS) is 13.6. The molecule has 0 spiro atoms. The zero-order valence-corrected chi connectivity index (χ0v) is 19.9. The van der Waals surface area contributed by atoms with E-state index in [1.165, 1.54) is 6.26 Å². The Morgan fingerprint density at radius 1 is 1.22 bits per heavy atom. The molecule has 0 saturated heterocycles. The summed E-state index contributed by atoms with van der Waals surface area (Å²) in [6, 6.07) is 9.88. The second-order valence-electron chi connectivity index (χ2n) is 7.41. The standard InChI is InChI=1S/C19H33N3O3S.HI/c1-5-20-18(22-15-19(2,3)11-12-26(4,24)25)21-13-17(14-23)16-9-7-6-8-10-16;/h6-10,17,23H,5,11-15H2,1-4H3,(H2,20,21,22);1H. The van der Waals surface area contributed by atoms with Crippen molar-refractivity contribution in [3.05, 3.63) is 35.9 Å². The molecular weight excluding hydrogens is 477 g/mol. The van der Waals surface area contributed by atoms with Crippen molar-refractivity contribution in [3.63, 3.8) is 0 Å². The fraction of sp³-hybridized carbons (Fsp3) is 0.632. The highest BCUT2D eigenvalue weighted by molar-refractivity contribution is 14.0. The minimum absolute atomic E-state index is 0. The molecule has 1 aromatic carbocycles. The Morgan fingerprint density at radius 3 is 2.37 bits per heavy atom. The van der Waals surface area contributed by atoms with Crippen molar-refractivity contribution in [3.8, 4) is 0 Å². The quantitative estimate of drug-likeness (QED) is 0.255. The van der Waals surface area contributed by atoms with E-state index in [-0.39, 0.29) is 47.7 Å². The van der Waals surface area contributed by atoms with Gasteiger partial charge in [0.15, 0.2) is 5.96 Å². The molecule has 1 unspecified atom stereocenters. The van der Waals surface area contributed by atoms with Crippen LogP contribution in [0.5, 0.6) is 0 Å². The minimum atomic E-state index is -2.97. The number of aliphatic hydroxyl groups is 1. The van der Waals surface area contributed by atoms with Crippen molar-refractivity contribution in [1.82, 2.24) is 10.6 Å². The first-order valence-corrected chi connectivity index (χ1v) is 11.1. The highest BCUT2D eigenvalue weighted by Crippen LogP contribution is 2.21. The highest BCUT2D eigenvalue weighted by Gasteiger charge is 2.20. The molecule has 27 heavy (non-hydrogen) atoms. The molecule has 8 heteroatoms. The van der Waals surface area contributed by atoms with Gasteiger partial charge in [0, 0.05) is 31.8 Å². The molecule has 0 heterocycles. The maximum Gasteiger partial charge on any atom is 0.191 e. The fourth-order valence-corrected chi connectivity index (χ4v) is 3.33. The summed E-state index contributed by atoms with van der Waals surface area (Å²) >= 11 is 0. The van der Waals surface area contributed by atoms with Gasteiger partial charge in [-0.1, -0.05) is 44.2 Å². The van der Waals surface area contributed by atoms with Crippen LogP contribution in [0.3, 0.4) is 0 Å². The van der Waals surface area contributed by atoms with Gasteiger partial charge in [-0.3, -0.25) is 4.99 Å². The molecular formula is C19H34IN3O3S. The van der Waals surface area contributed by atoms with E-state index >= 15 is 0 Å². The molecule has 0 fully saturated rings. The third kappa shape index (κ3) is 11.5. The largest absolute Gasteiger partial charge is 0.396 e. The summed E-state index contributed by atoms with van der Waals surface area (Å²) in [7, 11) is -2.97. The lowest BCUT2D eigenvalue weighted by molar-refractivity contribution is 0.265. The van der Waals surface area contributed by atoms with Crippen LogP contribution in [0.15, 0.2) is 35.3 Å². The van der Waals surface area contributed by atoms with E-state index < -0.39 is 9.84 Å². The molecule has 6 nitrogen and oxygen atoms in total. The maximum atomic E-state index is 11.4. The predicted molar refractivity (Wildman–Crippen MR) is 124 cm³/mol. The van der Waals surface area contributed by atoms with Crippen LogP contribution in [0.2, 0.25) is 0 Å². The molecule has 0 aliphatic rings. The lowest BCUT2D eigenvalue weighted by atomic mass is 9.90. The highest BCUT2D eigenvalue weighted by atomic mass is 127. The Bertz CT molecular complexity index is 664. The number of nitrogens with one attached hydrogen (secondary N) is 2. The summed E-state index contributed by atoms with van der Waals surface area (Å²) in [4.78, 5) is 4.60. The molecule has 1 atom stereocenters. The van der Waals surface area contributed by atoms with Crippen LogP contribution in [0, 0.1) is 5.41 Å². The average molecular weight is 511 g/mol. The van der Waals surface area contributed by atoms with Gasteiger partial charge in [0.25, 0.3) is 0 Å². The van der Waals surface area contributed by atoms with E-state index in [4.69, 9.17) is 0 Å². The zero-order valence-electron chi connectivity index (χ0n) is 16.7. The number of aliphatic imine (C=N–C) groups is 1. The van der Waals surface area contributed by atoms with E-state index in [9.17, 15) is 13.5 Å². The number of nitrogens with zero attached hydrogens (tertiary/aromatic N) is 1. The van der Waals surface area contributed by atoms with Gasteiger partial charge in [-0.05, 0) is 24.3 Å². The van der Waals surface area contributed by atoms with Gasteiger partial charge in [0.1, 0.15) is 9.84 Å². The van der Waals surface area contributed by atoms with Crippen LogP contribution >= 0.6 is 24.0 Å². The Kier molecular flexibility index (Phi) is 12.2. The molecule has 0 aliphatic heterocycles. The molecule has 1 aromatic rings. The van der Waals surface area contributed by atoms with Crippen LogP contribution < -0.4 is 10.6 Å². The van der Waals surface area contributed by atoms with Crippen LogP contribution in [0.1, 0.15) is 38.7 Å². The second-order valence-corrected chi connectivity index (χ2v) is 9.67. The monoisotopic (exact) mass is 511 g/mol. The van der Waals surface area contributed by atoms with E-state index in [1.807, 2.05) is 51.1 Å². The van der Waals surface area contributed by atoms with Crippen molar-refractivity contribution < 1.29 is 13.5 Å². The molecule has 3 N–H and O–H groups in total. The van der Waals surface area contributed by atoms with Gasteiger partial charge in [-0.15, -0.1) is 24.0 Å². The Labute approximate surface area is 181 Å². The first-order valence-electron chi connectivity index (χ1n) is 9.02. The lowest BCUT2D eigenvalue weighted by Gasteiger charge is -2.23. The summed E-state index contributed by atoms with van der Waals surface area (Å²) in [5.41, 5.74) is 0.869. The molecule has 0 amide bonds. The van der Waals surface area contributed by atoms with Crippen molar-refractivity contribution in [2.75, 3.05) is 38.2 Å². The number of rotatable bonds is 10.